The van der Waals surface area contributed by atoms with Gasteiger partial charge in [-0.25, -0.2) is 4.79 Å². The minimum atomic E-state index is -1.20. The Morgan fingerprint density at radius 2 is 1.50 bits per heavy atom. The lowest BCUT2D eigenvalue weighted by Crippen LogP contribution is -2.35. The van der Waals surface area contributed by atoms with Crippen molar-refractivity contribution >= 4 is 57.4 Å². The van der Waals surface area contributed by atoms with Crippen molar-refractivity contribution in [2.24, 2.45) is 11.8 Å². The molecular weight excluding hydrogens is 577 g/mol. The maximum absolute atomic E-state index is 11.2. The molecule has 2 fully saturated rings. The number of hydrogen-bond acceptors (Lipinski definition) is 6. The summed E-state index contributed by atoms with van der Waals surface area (Å²) in [5.74, 6) is 1.02. The number of fused-ring (bicyclic) bond motifs is 7. The van der Waals surface area contributed by atoms with Crippen molar-refractivity contribution in [1.29, 1.82) is 5.26 Å². The maximum Gasteiger partial charge on any atom is 0.346 e. The Hall–Kier alpha value is -3.96. The Bertz CT molecular complexity index is 1910. The third kappa shape index (κ3) is 4.17. The van der Waals surface area contributed by atoms with E-state index in [2.05, 4.69) is 77.7 Å². The van der Waals surface area contributed by atoms with Crippen LogP contribution in [0.4, 0.5) is 11.4 Å². The zero-order valence-electron chi connectivity index (χ0n) is 22.6. The number of rotatable bonds is 6. The summed E-state index contributed by atoms with van der Waals surface area (Å²) in [4.78, 5) is 20.6. The van der Waals surface area contributed by atoms with E-state index in [1.165, 1.54) is 73.8 Å². The number of carboxylic acids is 1. The molecular formula is C35H26N2O2S3. The van der Waals surface area contributed by atoms with Crippen LogP contribution < -0.4 is 4.90 Å². The fourth-order valence-electron chi connectivity index (χ4n) is 7.40. The van der Waals surface area contributed by atoms with E-state index in [-0.39, 0.29) is 5.57 Å². The number of anilines is 2. The summed E-state index contributed by atoms with van der Waals surface area (Å²) in [6.45, 7) is 0. The van der Waals surface area contributed by atoms with Crippen LogP contribution in [0.25, 0.3) is 36.0 Å². The number of aliphatic carboxylic acids is 1. The first-order valence-corrected chi connectivity index (χ1v) is 16.7. The molecule has 4 nitrogen and oxygen atoms in total. The Kier molecular flexibility index (Phi) is 6.18. The summed E-state index contributed by atoms with van der Waals surface area (Å²) >= 11 is 5.08. The number of thiophene rings is 3. The van der Waals surface area contributed by atoms with E-state index in [0.717, 1.165) is 26.5 Å². The summed E-state index contributed by atoms with van der Waals surface area (Å²) in [5.41, 5.74) is 5.30. The normalized spacial score (nSPS) is 22.3. The smallest absolute Gasteiger partial charge is 0.346 e. The molecule has 4 atom stereocenters. The predicted molar refractivity (Wildman–Crippen MR) is 174 cm³/mol. The van der Waals surface area contributed by atoms with Gasteiger partial charge < -0.3 is 10.0 Å². The van der Waals surface area contributed by atoms with Crippen molar-refractivity contribution in [3.63, 3.8) is 0 Å². The van der Waals surface area contributed by atoms with Gasteiger partial charge in [0.1, 0.15) is 11.6 Å². The number of carboxylic acid groups (broad SMARTS) is 1. The average molecular weight is 603 g/mol. The lowest BCUT2D eigenvalue weighted by Gasteiger charge is -2.33. The summed E-state index contributed by atoms with van der Waals surface area (Å²) in [7, 11) is 0. The van der Waals surface area contributed by atoms with E-state index >= 15 is 0 Å². The molecule has 2 saturated carbocycles. The molecule has 1 N–H and O–H groups in total. The van der Waals surface area contributed by atoms with Crippen molar-refractivity contribution in [3.8, 4) is 36.0 Å². The molecule has 3 aromatic heterocycles. The van der Waals surface area contributed by atoms with Crippen molar-refractivity contribution in [2.45, 2.75) is 31.2 Å². The summed E-state index contributed by atoms with van der Waals surface area (Å²) < 4.78 is 0. The zero-order valence-corrected chi connectivity index (χ0v) is 25.0. The first-order chi connectivity index (χ1) is 20.6. The predicted octanol–water partition coefficient (Wildman–Crippen LogP) is 9.90. The summed E-state index contributed by atoms with van der Waals surface area (Å²) in [6.07, 6.45) is 5.53. The van der Waals surface area contributed by atoms with E-state index in [9.17, 15) is 4.79 Å². The van der Waals surface area contributed by atoms with Crippen molar-refractivity contribution in [2.75, 3.05) is 4.90 Å². The van der Waals surface area contributed by atoms with Crippen LogP contribution in [0.1, 0.15) is 35.6 Å². The second-order valence-corrected chi connectivity index (χ2v) is 14.6. The number of para-hydroxylation sites is 1. The third-order valence-corrected chi connectivity index (χ3v) is 12.7. The third-order valence-electron chi connectivity index (χ3n) is 9.10. The van der Waals surface area contributed by atoms with Gasteiger partial charge >= 0.3 is 5.97 Å². The zero-order chi connectivity index (χ0) is 28.4. The number of nitrogens with zero attached hydrogens (tertiary/aromatic N) is 2. The minimum Gasteiger partial charge on any atom is -0.477 e. The number of nitriles is 1. The highest BCUT2D eigenvalue weighted by Crippen LogP contribution is 2.62. The maximum atomic E-state index is 11.2. The molecule has 0 amide bonds. The van der Waals surface area contributed by atoms with Gasteiger partial charge in [0.2, 0.25) is 0 Å². The molecule has 7 heteroatoms. The van der Waals surface area contributed by atoms with Crippen LogP contribution in [0, 0.1) is 23.2 Å². The highest BCUT2D eigenvalue weighted by molar-refractivity contribution is 7.27. The van der Waals surface area contributed by atoms with Crippen molar-refractivity contribution in [1.82, 2.24) is 0 Å². The van der Waals surface area contributed by atoms with Gasteiger partial charge in [-0.3, -0.25) is 0 Å². The SMILES string of the molecule is N#C/C(=C\c1ccc(-c2ccc(-c3ccc(-c4ccc5c(c4)C4C6CCC(C6)C4N5c4ccccc4)s3)s2)s1)C(=O)O. The average Bonchev–Trinajstić information content (AvgIpc) is 3.85. The molecule has 0 radical (unpaired) electrons. The molecule has 8 rings (SSSR count). The molecule has 5 aromatic rings. The number of benzene rings is 2. The Morgan fingerprint density at radius 3 is 2.24 bits per heavy atom. The lowest BCUT2D eigenvalue weighted by molar-refractivity contribution is -0.132. The molecule has 4 unspecified atom stereocenters. The second kappa shape index (κ2) is 10.1. The van der Waals surface area contributed by atoms with Crippen LogP contribution in [0.2, 0.25) is 0 Å². The standard InChI is InChI=1S/C35H26N2O2S3/c36-19-23(35(38)39)17-25-9-11-29(40-25)30-14-15-32(42-30)31-13-12-28(41-31)20-8-10-27-26(18-20)33-21-6-7-22(16-21)34(33)37(27)24-4-2-1-3-5-24/h1-5,8-15,17-18,21-22,33-34H,6-7,16H2,(H,38,39)/b23-17+. The van der Waals surface area contributed by atoms with Gasteiger partial charge in [-0.05, 0) is 109 Å². The second-order valence-electron chi connectivity index (χ2n) is 11.3. The molecule has 0 spiro atoms. The van der Waals surface area contributed by atoms with Crippen LogP contribution in [0.3, 0.4) is 0 Å². The lowest BCUT2D eigenvalue weighted by atomic mass is 9.82. The fourth-order valence-corrected chi connectivity index (χ4v) is 10.5. The largest absolute Gasteiger partial charge is 0.477 e. The highest BCUT2D eigenvalue weighted by Gasteiger charge is 2.55. The molecule has 4 heterocycles. The molecule has 206 valence electrons. The molecule has 2 aliphatic carbocycles. The number of hydrogen-bond donors (Lipinski definition) is 1. The Morgan fingerprint density at radius 1 is 0.833 bits per heavy atom. The van der Waals surface area contributed by atoms with Gasteiger partial charge in [0.15, 0.2) is 0 Å². The number of carbonyl (C=O) groups is 1. The van der Waals surface area contributed by atoms with E-state index in [4.69, 9.17) is 10.4 Å². The summed E-state index contributed by atoms with van der Waals surface area (Å²) in [6, 6.07) is 33.1. The van der Waals surface area contributed by atoms with Crippen LogP contribution >= 0.6 is 34.0 Å². The first kappa shape index (κ1) is 25.7. The molecule has 2 aromatic carbocycles. The van der Waals surface area contributed by atoms with E-state index in [0.29, 0.717) is 12.0 Å². The van der Waals surface area contributed by atoms with Crippen LogP contribution in [-0.4, -0.2) is 17.1 Å². The molecule has 3 aliphatic rings. The van der Waals surface area contributed by atoms with Crippen LogP contribution in [-0.2, 0) is 4.79 Å². The van der Waals surface area contributed by atoms with Gasteiger partial charge in [0.05, 0.1) is 0 Å². The van der Waals surface area contributed by atoms with Crippen molar-refractivity contribution < 1.29 is 9.90 Å². The van der Waals surface area contributed by atoms with Gasteiger partial charge in [0, 0.05) is 52.6 Å². The molecule has 1 aliphatic heterocycles. The van der Waals surface area contributed by atoms with Gasteiger partial charge in [-0.2, -0.15) is 5.26 Å². The first-order valence-electron chi connectivity index (χ1n) is 14.2. The van der Waals surface area contributed by atoms with Gasteiger partial charge in [0.25, 0.3) is 0 Å². The fraction of sp³-hybridized carbons (Fsp3) is 0.200. The molecule has 42 heavy (non-hydrogen) atoms. The Labute approximate surface area is 256 Å². The van der Waals surface area contributed by atoms with Gasteiger partial charge in [-0.1, -0.05) is 24.3 Å². The topological polar surface area (TPSA) is 64.3 Å². The minimum absolute atomic E-state index is 0.253. The van der Waals surface area contributed by atoms with E-state index in [1.54, 1.807) is 17.4 Å². The summed E-state index contributed by atoms with van der Waals surface area (Å²) in [5, 5.41) is 18.2. The van der Waals surface area contributed by atoms with Gasteiger partial charge in [-0.15, -0.1) is 34.0 Å². The Balaban J connectivity index is 1.08. The highest BCUT2D eigenvalue weighted by atomic mass is 32.1. The molecule has 0 saturated heterocycles. The van der Waals surface area contributed by atoms with Crippen molar-refractivity contribution in [3.05, 3.63) is 101 Å². The molecule has 2 bridgehead atoms. The van der Waals surface area contributed by atoms with Crippen LogP contribution in [0.15, 0.2) is 90.5 Å². The van der Waals surface area contributed by atoms with Crippen LogP contribution in [0.5, 0.6) is 0 Å². The van der Waals surface area contributed by atoms with E-state index < -0.39 is 5.97 Å². The van der Waals surface area contributed by atoms with E-state index in [1.807, 2.05) is 23.5 Å². The monoisotopic (exact) mass is 602 g/mol. The quantitative estimate of drug-likeness (QED) is 0.155.